The lowest BCUT2D eigenvalue weighted by atomic mass is 9.97. The Labute approximate surface area is 298 Å². The molecule has 2 heterocycles. The second-order valence-electron chi connectivity index (χ2n) is 12.6. The summed E-state index contributed by atoms with van der Waals surface area (Å²) in [6.07, 6.45) is -0.987. The van der Waals surface area contributed by atoms with Gasteiger partial charge < -0.3 is 20.2 Å². The lowest BCUT2D eigenvalue weighted by molar-refractivity contribution is -0.128. The number of nitrogens with zero attached hydrogens (tertiary/aromatic N) is 4. The van der Waals surface area contributed by atoms with Crippen molar-refractivity contribution in [2.45, 2.75) is 70.7 Å². The first-order valence-electron chi connectivity index (χ1n) is 15.6. The van der Waals surface area contributed by atoms with Crippen LogP contribution in [0.2, 0.25) is 0 Å². The number of aliphatic hydroxyl groups excluding tert-OH is 1. The van der Waals surface area contributed by atoms with Crippen LogP contribution in [0, 0.1) is 18.8 Å². The fraction of sp³-hybridized carbons (Fsp3) is 0.485. The molecule has 3 aromatic rings. The molecule has 1 aliphatic rings. The fourth-order valence-corrected chi connectivity index (χ4v) is 8.74. The summed E-state index contributed by atoms with van der Waals surface area (Å²) < 4.78 is 30.4. The van der Waals surface area contributed by atoms with E-state index >= 15 is 0 Å². The summed E-state index contributed by atoms with van der Waals surface area (Å²) in [5, 5.41) is 17.6. The van der Waals surface area contributed by atoms with Crippen LogP contribution >= 0.6 is 43.2 Å². The number of urea groups is 1. The van der Waals surface area contributed by atoms with Crippen molar-refractivity contribution in [3.8, 4) is 0 Å². The molecule has 0 radical (unpaired) electrons. The maximum Gasteiger partial charge on any atom is 0.321 e. The predicted octanol–water partition coefficient (Wildman–Crippen LogP) is 5.67. The number of rotatable bonds is 15. The van der Waals surface area contributed by atoms with Gasteiger partial charge in [-0.15, -0.1) is 11.3 Å². The van der Waals surface area contributed by atoms with Gasteiger partial charge in [0.05, 0.1) is 34.3 Å². The highest BCUT2D eigenvalue weighted by molar-refractivity contribution is 9.13. The molecule has 10 nitrogen and oxygen atoms in total. The zero-order valence-corrected chi connectivity index (χ0v) is 32.1. The molecule has 3 amide bonds. The number of aryl methyl sites for hydroxylation is 1. The molecule has 0 unspecified atom stereocenters. The molecule has 0 spiro atoms. The third-order valence-corrected chi connectivity index (χ3v) is 12.5. The van der Waals surface area contributed by atoms with Crippen LogP contribution in [0.15, 0.2) is 67.8 Å². The van der Waals surface area contributed by atoms with Crippen LogP contribution < -0.4 is 5.32 Å². The minimum Gasteiger partial charge on any atom is -0.390 e. The highest BCUT2D eigenvalue weighted by Gasteiger charge is 2.40. The number of sulfonamides is 1. The highest BCUT2D eigenvalue weighted by Crippen LogP contribution is 2.28. The number of benzene rings is 2. The molecule has 2 aromatic carbocycles. The van der Waals surface area contributed by atoms with Crippen LogP contribution in [0.1, 0.15) is 44.0 Å². The summed E-state index contributed by atoms with van der Waals surface area (Å²) in [6.45, 7) is 10.7. The summed E-state index contributed by atoms with van der Waals surface area (Å²) in [5.41, 5.74) is 1.69. The third kappa shape index (κ3) is 9.63. The normalized spacial score (nSPS) is 15.9. The zero-order chi connectivity index (χ0) is 34.5. The van der Waals surface area contributed by atoms with Crippen molar-refractivity contribution < 1.29 is 23.1 Å². The Morgan fingerprint density at radius 3 is 2.36 bits per heavy atom. The number of carbonyl (C=O) groups excluding carboxylic acids is 2. The number of aliphatic hydroxyl groups is 1. The van der Waals surface area contributed by atoms with Gasteiger partial charge in [0.2, 0.25) is 15.9 Å². The van der Waals surface area contributed by atoms with Gasteiger partial charge >= 0.3 is 6.03 Å². The van der Waals surface area contributed by atoms with Crippen molar-refractivity contribution in [1.82, 2.24) is 24.4 Å². The summed E-state index contributed by atoms with van der Waals surface area (Å²) in [4.78, 5) is 35.4. The van der Waals surface area contributed by atoms with Crippen molar-refractivity contribution in [2.75, 3.05) is 26.2 Å². The summed E-state index contributed by atoms with van der Waals surface area (Å²) in [6, 6.07) is 12.3. The average Bonchev–Trinajstić information content (AvgIpc) is 3.58. The number of hydrogen-bond donors (Lipinski definition) is 2. The number of halogens is 2. The third-order valence-electron chi connectivity index (χ3n) is 7.96. The second kappa shape index (κ2) is 16.4. The molecule has 256 valence electrons. The number of hydrogen-bond acceptors (Lipinski definition) is 7. The Morgan fingerprint density at radius 2 is 1.77 bits per heavy atom. The Bertz CT molecular complexity index is 1640. The van der Waals surface area contributed by atoms with E-state index in [0.29, 0.717) is 24.1 Å². The van der Waals surface area contributed by atoms with Gasteiger partial charge in [-0.05, 0) is 80.8 Å². The van der Waals surface area contributed by atoms with Gasteiger partial charge in [0.1, 0.15) is 6.04 Å². The monoisotopic (exact) mass is 811 g/mol. The Morgan fingerprint density at radius 1 is 1.06 bits per heavy atom. The second-order valence-corrected chi connectivity index (χ2v) is 17.3. The molecule has 0 saturated carbocycles. The van der Waals surface area contributed by atoms with Crippen molar-refractivity contribution in [3.63, 3.8) is 0 Å². The molecular formula is C33H43Br2N5O5S2. The number of amides is 3. The summed E-state index contributed by atoms with van der Waals surface area (Å²) in [7, 11) is -4.00. The Balaban J connectivity index is 1.58. The average molecular weight is 814 g/mol. The van der Waals surface area contributed by atoms with Crippen molar-refractivity contribution in [2.24, 2.45) is 11.8 Å². The minimum atomic E-state index is -4.00. The molecule has 14 heteroatoms. The molecule has 1 fully saturated rings. The molecule has 1 saturated heterocycles. The van der Waals surface area contributed by atoms with Gasteiger partial charge in [-0.3, -0.25) is 4.79 Å². The van der Waals surface area contributed by atoms with E-state index in [4.69, 9.17) is 0 Å². The predicted molar refractivity (Wildman–Crippen MR) is 192 cm³/mol. The van der Waals surface area contributed by atoms with Gasteiger partial charge in [-0.1, -0.05) is 58.0 Å². The summed E-state index contributed by atoms with van der Waals surface area (Å²) >= 11 is 8.31. The van der Waals surface area contributed by atoms with Crippen molar-refractivity contribution >= 4 is 65.2 Å². The first kappa shape index (κ1) is 37.5. The van der Waals surface area contributed by atoms with Gasteiger partial charge in [0.15, 0.2) is 0 Å². The number of carbonyl (C=O) groups is 2. The molecular weight excluding hydrogens is 770 g/mol. The molecule has 3 atom stereocenters. The van der Waals surface area contributed by atoms with Crippen molar-refractivity contribution in [1.29, 1.82) is 0 Å². The lowest BCUT2D eigenvalue weighted by Gasteiger charge is -2.34. The smallest absolute Gasteiger partial charge is 0.321 e. The first-order chi connectivity index (χ1) is 22.2. The van der Waals surface area contributed by atoms with E-state index in [1.54, 1.807) is 15.9 Å². The quantitative estimate of drug-likeness (QED) is 0.204. The maximum atomic E-state index is 14.1. The van der Waals surface area contributed by atoms with Crippen LogP contribution in [-0.2, 0) is 27.8 Å². The van der Waals surface area contributed by atoms with Gasteiger partial charge in [-0.2, -0.15) is 4.31 Å². The number of aromatic nitrogens is 1. The fourth-order valence-electron chi connectivity index (χ4n) is 5.71. The minimum absolute atomic E-state index is 0.0272. The van der Waals surface area contributed by atoms with Gasteiger partial charge in [0, 0.05) is 40.5 Å². The van der Waals surface area contributed by atoms with E-state index in [1.165, 1.54) is 27.8 Å². The Kier molecular flexibility index (Phi) is 13.0. The van der Waals surface area contributed by atoms with Crippen LogP contribution in [0.4, 0.5) is 4.79 Å². The van der Waals surface area contributed by atoms with E-state index in [1.807, 2.05) is 70.3 Å². The van der Waals surface area contributed by atoms with E-state index in [9.17, 15) is 23.1 Å². The van der Waals surface area contributed by atoms with Crippen LogP contribution in [0.3, 0.4) is 0 Å². The topological polar surface area (TPSA) is 123 Å². The van der Waals surface area contributed by atoms with Gasteiger partial charge in [0.25, 0.3) is 0 Å². The highest BCUT2D eigenvalue weighted by atomic mass is 79.9. The number of nitrogens with one attached hydrogen (secondary N) is 1. The SMILES string of the molecule is Cc1nc(CN2CCN([C@H](C(=O)N[C@@H](Cc3ccccc3)[C@@H](O)CN(CC(C)C)S(=O)(=O)c3ccc(Br)c(Br)c3)C(C)C)C2=O)cs1. The molecule has 0 aliphatic carbocycles. The Hall–Kier alpha value is -2.36. The van der Waals surface area contributed by atoms with E-state index in [-0.39, 0.29) is 42.3 Å². The molecule has 0 bridgehead atoms. The lowest BCUT2D eigenvalue weighted by Crippen LogP contribution is -2.57. The number of thiazole rings is 1. The van der Waals surface area contributed by atoms with Gasteiger partial charge in [-0.25, -0.2) is 18.2 Å². The first-order valence-corrected chi connectivity index (χ1v) is 19.5. The molecule has 4 rings (SSSR count). The standard InChI is InChI=1S/C33H43Br2N5O5S2/c1-21(2)17-39(47(44,45)26-11-12-27(34)28(35)16-26)19-30(41)29(15-24-9-7-6-8-10-24)37-32(42)31(22(3)4)40-14-13-38(33(40)43)18-25-20-46-23(5)36-25/h6-12,16,20-22,29-31,41H,13-15,17-19H2,1-5H3,(H,37,42)/t29-,30-,31-/m0/s1. The van der Waals surface area contributed by atoms with E-state index in [0.717, 1.165) is 20.7 Å². The molecule has 1 aromatic heterocycles. The van der Waals surface area contributed by atoms with Crippen LogP contribution in [0.25, 0.3) is 0 Å². The van der Waals surface area contributed by atoms with Crippen molar-refractivity contribution in [3.05, 3.63) is 79.1 Å². The van der Waals surface area contributed by atoms with E-state index < -0.39 is 34.1 Å². The maximum absolute atomic E-state index is 14.1. The zero-order valence-electron chi connectivity index (χ0n) is 27.3. The summed E-state index contributed by atoms with van der Waals surface area (Å²) in [5.74, 6) is -0.640. The molecule has 1 aliphatic heterocycles. The van der Waals surface area contributed by atoms with Crippen LogP contribution in [0.5, 0.6) is 0 Å². The van der Waals surface area contributed by atoms with E-state index in [2.05, 4.69) is 42.2 Å². The largest absolute Gasteiger partial charge is 0.390 e. The molecule has 47 heavy (non-hydrogen) atoms. The molecule has 2 N–H and O–H groups in total. The van der Waals surface area contributed by atoms with Crippen LogP contribution in [-0.4, -0.2) is 88.9 Å².